The van der Waals surface area contributed by atoms with Crippen LogP contribution in [0.2, 0.25) is 5.02 Å². The molecule has 1 unspecified atom stereocenters. The highest BCUT2D eigenvalue weighted by atomic mass is 35.5. The SMILES string of the molecule is Nc1cc(Cl)ccc1SC1CCOC1. The van der Waals surface area contributed by atoms with Gasteiger partial charge in [-0.3, -0.25) is 0 Å². The summed E-state index contributed by atoms with van der Waals surface area (Å²) in [5.41, 5.74) is 6.61. The molecule has 0 aliphatic carbocycles. The van der Waals surface area contributed by atoms with Crippen molar-refractivity contribution in [3.05, 3.63) is 23.2 Å². The molecule has 2 N–H and O–H groups in total. The van der Waals surface area contributed by atoms with E-state index in [9.17, 15) is 0 Å². The molecular weight excluding hydrogens is 218 g/mol. The van der Waals surface area contributed by atoms with Gasteiger partial charge in [-0.25, -0.2) is 0 Å². The van der Waals surface area contributed by atoms with Crippen LogP contribution in [0.4, 0.5) is 5.69 Å². The van der Waals surface area contributed by atoms with Crippen LogP contribution in [0, 0.1) is 0 Å². The maximum Gasteiger partial charge on any atom is 0.0589 e. The quantitative estimate of drug-likeness (QED) is 0.793. The lowest BCUT2D eigenvalue weighted by atomic mass is 10.3. The molecule has 1 aromatic carbocycles. The zero-order chi connectivity index (χ0) is 9.97. The average Bonchev–Trinajstić information content (AvgIpc) is 2.62. The molecule has 1 fully saturated rings. The fourth-order valence-corrected chi connectivity index (χ4v) is 2.67. The van der Waals surface area contributed by atoms with Crippen molar-refractivity contribution in [2.45, 2.75) is 16.6 Å². The first-order chi connectivity index (χ1) is 6.75. The Morgan fingerprint density at radius 2 is 2.36 bits per heavy atom. The first-order valence-electron chi connectivity index (χ1n) is 4.55. The summed E-state index contributed by atoms with van der Waals surface area (Å²) in [5, 5.41) is 1.23. The van der Waals surface area contributed by atoms with Gasteiger partial charge < -0.3 is 10.5 Å². The minimum atomic E-state index is 0.540. The van der Waals surface area contributed by atoms with Gasteiger partial charge in [0, 0.05) is 27.5 Å². The normalized spacial score (nSPS) is 21.4. The molecule has 1 aromatic rings. The Hall–Kier alpha value is -0.380. The minimum absolute atomic E-state index is 0.540. The van der Waals surface area contributed by atoms with Gasteiger partial charge in [-0.15, -0.1) is 11.8 Å². The van der Waals surface area contributed by atoms with E-state index in [0.29, 0.717) is 10.3 Å². The number of thioether (sulfide) groups is 1. The van der Waals surface area contributed by atoms with Gasteiger partial charge >= 0.3 is 0 Å². The summed E-state index contributed by atoms with van der Waals surface area (Å²) in [4.78, 5) is 1.10. The molecule has 0 amide bonds. The number of nitrogen functional groups attached to an aromatic ring is 1. The molecule has 0 spiro atoms. The number of halogens is 1. The zero-order valence-electron chi connectivity index (χ0n) is 7.70. The second-order valence-electron chi connectivity index (χ2n) is 3.29. The van der Waals surface area contributed by atoms with Crippen LogP contribution < -0.4 is 5.73 Å². The van der Waals surface area contributed by atoms with Crippen molar-refractivity contribution in [1.82, 2.24) is 0 Å². The van der Waals surface area contributed by atoms with Gasteiger partial charge in [0.05, 0.1) is 6.61 Å². The maximum absolute atomic E-state index is 5.85. The van der Waals surface area contributed by atoms with Crippen LogP contribution in [-0.4, -0.2) is 18.5 Å². The van der Waals surface area contributed by atoms with Gasteiger partial charge in [0.15, 0.2) is 0 Å². The Morgan fingerprint density at radius 1 is 1.50 bits per heavy atom. The van der Waals surface area contributed by atoms with E-state index < -0.39 is 0 Å². The third-order valence-corrected chi connectivity index (χ3v) is 3.72. The summed E-state index contributed by atoms with van der Waals surface area (Å²) < 4.78 is 5.31. The summed E-state index contributed by atoms with van der Waals surface area (Å²) in [6.07, 6.45) is 1.10. The zero-order valence-corrected chi connectivity index (χ0v) is 9.27. The summed E-state index contributed by atoms with van der Waals surface area (Å²) >= 11 is 7.60. The second-order valence-corrected chi connectivity index (χ2v) is 5.06. The van der Waals surface area contributed by atoms with E-state index in [1.807, 2.05) is 12.1 Å². The van der Waals surface area contributed by atoms with Gasteiger partial charge in [0.1, 0.15) is 0 Å². The number of hydrogen-bond acceptors (Lipinski definition) is 3. The number of anilines is 1. The molecule has 1 saturated heterocycles. The van der Waals surface area contributed by atoms with E-state index in [2.05, 4.69) is 0 Å². The highest BCUT2D eigenvalue weighted by molar-refractivity contribution is 8.00. The summed E-state index contributed by atoms with van der Waals surface area (Å²) in [5.74, 6) is 0. The lowest BCUT2D eigenvalue weighted by Gasteiger charge is -2.09. The average molecular weight is 230 g/mol. The molecule has 1 aliphatic heterocycles. The summed E-state index contributed by atoms with van der Waals surface area (Å²) in [6.45, 7) is 1.69. The molecule has 14 heavy (non-hydrogen) atoms. The van der Waals surface area contributed by atoms with Crippen molar-refractivity contribution >= 4 is 29.1 Å². The third kappa shape index (κ3) is 2.35. The van der Waals surface area contributed by atoms with Crippen molar-refractivity contribution in [1.29, 1.82) is 0 Å². The van der Waals surface area contributed by atoms with E-state index >= 15 is 0 Å². The first kappa shape index (κ1) is 10.1. The number of benzene rings is 1. The number of rotatable bonds is 2. The van der Waals surface area contributed by atoms with Gasteiger partial charge in [-0.2, -0.15) is 0 Å². The standard InChI is InChI=1S/C10H12ClNOS/c11-7-1-2-10(9(12)5-7)14-8-3-4-13-6-8/h1-2,5,8H,3-4,6,12H2. The van der Waals surface area contributed by atoms with Crippen LogP contribution in [-0.2, 0) is 4.74 Å². The Morgan fingerprint density at radius 3 is 3.00 bits per heavy atom. The molecule has 2 nitrogen and oxygen atoms in total. The summed E-state index contributed by atoms with van der Waals surface area (Å²) in [6, 6.07) is 5.64. The van der Waals surface area contributed by atoms with Crippen LogP contribution in [0.15, 0.2) is 23.1 Å². The topological polar surface area (TPSA) is 35.2 Å². The van der Waals surface area contributed by atoms with E-state index in [0.717, 1.165) is 30.2 Å². The Labute approximate surface area is 92.8 Å². The number of hydrogen-bond donors (Lipinski definition) is 1. The highest BCUT2D eigenvalue weighted by Gasteiger charge is 2.17. The third-order valence-electron chi connectivity index (χ3n) is 2.15. The van der Waals surface area contributed by atoms with Crippen LogP contribution in [0.25, 0.3) is 0 Å². The molecule has 1 aliphatic rings. The highest BCUT2D eigenvalue weighted by Crippen LogP contribution is 2.33. The molecule has 1 atom stereocenters. The molecule has 0 saturated carbocycles. The number of nitrogens with two attached hydrogens (primary N) is 1. The van der Waals surface area contributed by atoms with Crippen LogP contribution in [0.5, 0.6) is 0 Å². The molecule has 2 rings (SSSR count). The largest absolute Gasteiger partial charge is 0.398 e. The van der Waals surface area contributed by atoms with E-state index in [4.69, 9.17) is 22.1 Å². The molecular formula is C10H12ClNOS. The first-order valence-corrected chi connectivity index (χ1v) is 5.81. The lowest BCUT2D eigenvalue weighted by Crippen LogP contribution is -2.01. The summed E-state index contributed by atoms with van der Waals surface area (Å²) in [7, 11) is 0. The predicted octanol–water partition coefficient (Wildman–Crippen LogP) is 2.80. The Bertz CT molecular complexity index is 326. The van der Waals surface area contributed by atoms with Crippen LogP contribution in [0.3, 0.4) is 0 Å². The van der Waals surface area contributed by atoms with Gasteiger partial charge in [0.2, 0.25) is 0 Å². The van der Waals surface area contributed by atoms with Gasteiger partial charge in [-0.05, 0) is 24.6 Å². The van der Waals surface area contributed by atoms with Gasteiger partial charge in [-0.1, -0.05) is 11.6 Å². The predicted molar refractivity (Wildman–Crippen MR) is 60.9 cm³/mol. The smallest absolute Gasteiger partial charge is 0.0589 e. The fraction of sp³-hybridized carbons (Fsp3) is 0.400. The lowest BCUT2D eigenvalue weighted by molar-refractivity contribution is 0.199. The van der Waals surface area contributed by atoms with Gasteiger partial charge in [0.25, 0.3) is 0 Å². The van der Waals surface area contributed by atoms with Crippen molar-refractivity contribution < 1.29 is 4.74 Å². The van der Waals surface area contributed by atoms with Crippen molar-refractivity contribution in [3.8, 4) is 0 Å². The van der Waals surface area contributed by atoms with E-state index in [1.54, 1.807) is 17.8 Å². The molecule has 0 aromatic heterocycles. The Balaban J connectivity index is 2.08. The second kappa shape index (κ2) is 4.43. The van der Waals surface area contributed by atoms with E-state index in [1.165, 1.54) is 0 Å². The van der Waals surface area contributed by atoms with E-state index in [-0.39, 0.29) is 0 Å². The van der Waals surface area contributed by atoms with Crippen molar-refractivity contribution in [3.63, 3.8) is 0 Å². The van der Waals surface area contributed by atoms with Crippen LogP contribution in [0.1, 0.15) is 6.42 Å². The molecule has 1 heterocycles. The van der Waals surface area contributed by atoms with Crippen molar-refractivity contribution in [2.75, 3.05) is 18.9 Å². The maximum atomic E-state index is 5.85. The molecule has 0 radical (unpaired) electrons. The molecule has 76 valence electrons. The monoisotopic (exact) mass is 229 g/mol. The molecule has 0 bridgehead atoms. The minimum Gasteiger partial charge on any atom is -0.398 e. The Kier molecular flexibility index (Phi) is 3.21. The fourth-order valence-electron chi connectivity index (χ4n) is 1.41. The molecule has 4 heteroatoms. The van der Waals surface area contributed by atoms with Crippen molar-refractivity contribution in [2.24, 2.45) is 0 Å². The van der Waals surface area contributed by atoms with Crippen LogP contribution >= 0.6 is 23.4 Å². The number of ether oxygens (including phenoxy) is 1.